The highest BCUT2D eigenvalue weighted by atomic mass is 35.5. The van der Waals surface area contributed by atoms with E-state index >= 15 is 0 Å². The molecule has 2 aromatic heterocycles. The fourth-order valence-corrected chi connectivity index (χ4v) is 6.46. The van der Waals surface area contributed by atoms with E-state index in [4.69, 9.17) is 27.9 Å². The normalized spacial score (nSPS) is 11.3. The van der Waals surface area contributed by atoms with Gasteiger partial charge in [-0.05, 0) is 59.7 Å². The van der Waals surface area contributed by atoms with E-state index in [9.17, 15) is 8.78 Å². The van der Waals surface area contributed by atoms with E-state index in [-0.39, 0.29) is 17.4 Å². The van der Waals surface area contributed by atoms with E-state index in [1.165, 1.54) is 41.3 Å². The van der Waals surface area contributed by atoms with Crippen LogP contribution in [0.15, 0.2) is 65.8 Å². The molecule has 0 saturated heterocycles. The van der Waals surface area contributed by atoms with Crippen LogP contribution in [0.4, 0.5) is 8.78 Å². The number of fused-ring (bicyclic) bond motifs is 1. The van der Waals surface area contributed by atoms with Gasteiger partial charge in [0.25, 0.3) is 0 Å². The molecule has 0 saturated carbocycles. The van der Waals surface area contributed by atoms with Crippen LogP contribution in [0.5, 0.6) is 5.75 Å². The molecule has 0 radical (unpaired) electrons. The summed E-state index contributed by atoms with van der Waals surface area (Å²) in [5.74, 6) is 0.196. The summed E-state index contributed by atoms with van der Waals surface area (Å²) in [6.07, 6.45) is 0.577. The molecule has 0 bridgehead atoms. The van der Waals surface area contributed by atoms with Crippen molar-refractivity contribution in [3.8, 4) is 17.0 Å². The minimum atomic E-state index is -0.369. The number of nitrogens with zero attached hydrogens (tertiary/aromatic N) is 3. The number of thiazole rings is 1. The molecule has 2 heterocycles. The number of hydrogen-bond donors (Lipinski definition) is 0. The standard InChI is InChI=1S/C25H17Cl2F2N3OS2/c1-33-21-10-5-14(11-19(21)27)12-22-23(15-6-8-16(28)9-7-15)32-24(30-31-25(32)35-22)34-13-17-18(26)3-2-4-20(17)29/h2-11H,12-13H2,1H3. The van der Waals surface area contributed by atoms with Crippen LogP contribution in [0.25, 0.3) is 16.2 Å². The Bertz CT molecular complexity index is 1500. The third-order valence-electron chi connectivity index (χ3n) is 5.41. The fourth-order valence-electron chi connectivity index (χ4n) is 3.72. The second-order valence-corrected chi connectivity index (χ2v) is 10.4. The number of ether oxygens (including phenoxy) is 1. The Morgan fingerprint density at radius 2 is 1.80 bits per heavy atom. The molecular formula is C25H17Cl2F2N3OS2. The van der Waals surface area contributed by atoms with Crippen LogP contribution >= 0.6 is 46.3 Å². The summed E-state index contributed by atoms with van der Waals surface area (Å²) >= 11 is 15.4. The third kappa shape index (κ3) is 4.89. The number of rotatable bonds is 7. The largest absolute Gasteiger partial charge is 0.495 e. The second-order valence-electron chi connectivity index (χ2n) is 7.62. The van der Waals surface area contributed by atoms with Gasteiger partial charge in [0.15, 0.2) is 5.16 Å². The molecule has 0 aliphatic heterocycles. The van der Waals surface area contributed by atoms with Crippen LogP contribution in [-0.2, 0) is 12.2 Å². The van der Waals surface area contributed by atoms with Gasteiger partial charge in [0.05, 0.1) is 17.8 Å². The first-order chi connectivity index (χ1) is 16.9. The Hall–Kier alpha value is -2.65. The highest BCUT2D eigenvalue weighted by Crippen LogP contribution is 2.38. The molecule has 4 nitrogen and oxygen atoms in total. The minimum absolute atomic E-state index is 0.286. The molecule has 178 valence electrons. The monoisotopic (exact) mass is 547 g/mol. The first-order valence-electron chi connectivity index (χ1n) is 10.5. The average molecular weight is 548 g/mol. The molecule has 35 heavy (non-hydrogen) atoms. The first-order valence-corrected chi connectivity index (χ1v) is 13.0. The van der Waals surface area contributed by atoms with Gasteiger partial charge in [-0.1, -0.05) is 58.4 Å². The van der Waals surface area contributed by atoms with Gasteiger partial charge in [0, 0.05) is 27.6 Å². The Balaban J connectivity index is 1.57. The van der Waals surface area contributed by atoms with Gasteiger partial charge in [0.1, 0.15) is 17.4 Å². The van der Waals surface area contributed by atoms with Crippen LogP contribution in [0, 0.1) is 11.6 Å². The van der Waals surface area contributed by atoms with Crippen molar-refractivity contribution in [3.05, 3.63) is 98.3 Å². The van der Waals surface area contributed by atoms with Crippen molar-refractivity contribution in [2.24, 2.45) is 0 Å². The van der Waals surface area contributed by atoms with Crippen molar-refractivity contribution in [2.75, 3.05) is 7.11 Å². The molecule has 0 aliphatic rings. The summed E-state index contributed by atoms with van der Waals surface area (Å²) in [6.45, 7) is 0. The molecule has 0 unspecified atom stereocenters. The van der Waals surface area contributed by atoms with Gasteiger partial charge < -0.3 is 4.74 Å². The van der Waals surface area contributed by atoms with Gasteiger partial charge >= 0.3 is 0 Å². The Labute approximate surface area is 218 Å². The van der Waals surface area contributed by atoms with E-state index in [1.54, 1.807) is 31.4 Å². The molecule has 5 rings (SSSR count). The Morgan fingerprint density at radius 1 is 1.00 bits per heavy atom. The smallest absolute Gasteiger partial charge is 0.217 e. The Kier molecular flexibility index (Phi) is 6.98. The predicted octanol–water partition coefficient (Wildman–Crippen LogP) is 7.93. The van der Waals surface area contributed by atoms with E-state index in [0.29, 0.717) is 37.9 Å². The zero-order chi connectivity index (χ0) is 24.5. The number of benzene rings is 3. The highest BCUT2D eigenvalue weighted by Gasteiger charge is 2.21. The predicted molar refractivity (Wildman–Crippen MR) is 138 cm³/mol. The van der Waals surface area contributed by atoms with Crippen molar-refractivity contribution < 1.29 is 13.5 Å². The lowest BCUT2D eigenvalue weighted by molar-refractivity contribution is 0.415. The average Bonchev–Trinajstić information content (AvgIpc) is 3.38. The van der Waals surface area contributed by atoms with Crippen molar-refractivity contribution in [3.63, 3.8) is 0 Å². The van der Waals surface area contributed by atoms with Crippen molar-refractivity contribution in [1.29, 1.82) is 0 Å². The van der Waals surface area contributed by atoms with Crippen molar-refractivity contribution in [2.45, 2.75) is 17.3 Å². The molecule has 0 amide bonds. The van der Waals surface area contributed by atoms with Crippen molar-refractivity contribution in [1.82, 2.24) is 14.6 Å². The zero-order valence-corrected chi connectivity index (χ0v) is 21.4. The third-order valence-corrected chi connectivity index (χ3v) is 8.05. The van der Waals surface area contributed by atoms with Crippen LogP contribution in [0.3, 0.4) is 0 Å². The topological polar surface area (TPSA) is 39.4 Å². The summed E-state index contributed by atoms with van der Waals surface area (Å²) in [5.41, 5.74) is 3.06. The van der Waals surface area contributed by atoms with Gasteiger partial charge in [-0.15, -0.1) is 10.2 Å². The van der Waals surface area contributed by atoms with E-state index in [2.05, 4.69) is 10.2 Å². The lowest BCUT2D eigenvalue weighted by Crippen LogP contribution is -1.96. The van der Waals surface area contributed by atoms with Crippen LogP contribution in [0.1, 0.15) is 16.0 Å². The maximum atomic E-state index is 14.3. The number of thioether (sulfide) groups is 1. The molecule has 10 heteroatoms. The summed E-state index contributed by atoms with van der Waals surface area (Å²) < 4.78 is 35.2. The van der Waals surface area contributed by atoms with Gasteiger partial charge in [-0.3, -0.25) is 4.40 Å². The molecule has 3 aromatic carbocycles. The first kappa shape index (κ1) is 24.1. The van der Waals surface area contributed by atoms with Crippen molar-refractivity contribution >= 4 is 51.3 Å². The van der Waals surface area contributed by atoms with E-state index in [0.717, 1.165) is 21.7 Å². The lowest BCUT2D eigenvalue weighted by Gasteiger charge is -2.09. The van der Waals surface area contributed by atoms with Crippen LogP contribution in [0.2, 0.25) is 10.0 Å². The number of halogens is 4. The fraction of sp³-hybridized carbons (Fsp3) is 0.120. The van der Waals surface area contributed by atoms with Gasteiger partial charge in [-0.2, -0.15) is 0 Å². The maximum absolute atomic E-state index is 14.3. The van der Waals surface area contributed by atoms with Crippen LogP contribution < -0.4 is 4.74 Å². The van der Waals surface area contributed by atoms with Gasteiger partial charge in [0.2, 0.25) is 4.96 Å². The summed E-state index contributed by atoms with van der Waals surface area (Å²) in [4.78, 5) is 1.69. The minimum Gasteiger partial charge on any atom is -0.495 e. The lowest BCUT2D eigenvalue weighted by atomic mass is 10.1. The summed E-state index contributed by atoms with van der Waals surface area (Å²) in [7, 11) is 1.57. The molecule has 0 N–H and O–H groups in total. The summed E-state index contributed by atoms with van der Waals surface area (Å²) in [6, 6.07) is 16.6. The molecule has 0 atom stereocenters. The highest BCUT2D eigenvalue weighted by molar-refractivity contribution is 7.98. The number of methoxy groups -OCH3 is 1. The van der Waals surface area contributed by atoms with E-state index < -0.39 is 0 Å². The number of aromatic nitrogens is 3. The van der Waals surface area contributed by atoms with Crippen LogP contribution in [-0.4, -0.2) is 21.7 Å². The molecular weight excluding hydrogens is 531 g/mol. The molecule has 0 aliphatic carbocycles. The quantitative estimate of drug-likeness (QED) is 0.194. The van der Waals surface area contributed by atoms with E-state index in [1.807, 2.05) is 22.6 Å². The molecule has 5 aromatic rings. The van der Waals surface area contributed by atoms with Gasteiger partial charge in [-0.25, -0.2) is 8.78 Å². The molecule has 0 spiro atoms. The molecule has 0 fully saturated rings. The maximum Gasteiger partial charge on any atom is 0.217 e. The Morgan fingerprint density at radius 3 is 2.51 bits per heavy atom. The number of hydrogen-bond acceptors (Lipinski definition) is 5. The zero-order valence-electron chi connectivity index (χ0n) is 18.3. The second kappa shape index (κ2) is 10.1. The summed E-state index contributed by atoms with van der Waals surface area (Å²) in [5, 5.41) is 10.2. The SMILES string of the molecule is COc1ccc(Cc2sc3nnc(SCc4c(F)cccc4Cl)n3c2-c2ccc(F)cc2)cc1Cl.